The molecule has 0 aliphatic carbocycles. The third-order valence-electron chi connectivity index (χ3n) is 7.44. The molecule has 1 heterocycles. The van der Waals surface area contributed by atoms with Gasteiger partial charge in [-0.25, -0.2) is 0 Å². The van der Waals surface area contributed by atoms with Gasteiger partial charge in [-0.15, -0.1) is 0 Å². The van der Waals surface area contributed by atoms with E-state index < -0.39 is 53.8 Å². The molecule has 0 spiro atoms. The van der Waals surface area contributed by atoms with E-state index in [0.717, 1.165) is 12.0 Å². The molecule has 0 bridgehead atoms. The van der Waals surface area contributed by atoms with Gasteiger partial charge in [0.05, 0.1) is 36.3 Å². The second-order valence-electron chi connectivity index (χ2n) is 10.8. The molecular weight excluding hydrogens is 468 g/mol. The number of carbonyl (C=O) groups excluding carboxylic acids is 2. The molecule has 0 amide bonds. The zero-order valence-electron chi connectivity index (χ0n) is 23.0. The van der Waals surface area contributed by atoms with E-state index in [1.807, 2.05) is 26.8 Å². The fourth-order valence-corrected chi connectivity index (χ4v) is 4.63. The van der Waals surface area contributed by atoms with Crippen LogP contribution in [0.25, 0.3) is 0 Å². The molecule has 36 heavy (non-hydrogen) atoms. The van der Waals surface area contributed by atoms with Gasteiger partial charge in [-0.05, 0) is 37.7 Å². The third-order valence-corrected chi connectivity index (χ3v) is 7.44. The van der Waals surface area contributed by atoms with Gasteiger partial charge in [0.25, 0.3) is 0 Å². The largest absolute Gasteiger partial charge is 0.458 e. The molecule has 1 aliphatic rings. The van der Waals surface area contributed by atoms with Gasteiger partial charge in [-0.3, -0.25) is 9.59 Å². The maximum Gasteiger partial charge on any atom is 0.309 e. The van der Waals surface area contributed by atoms with E-state index in [2.05, 4.69) is 0 Å². The van der Waals surface area contributed by atoms with E-state index in [1.54, 1.807) is 13.8 Å². The van der Waals surface area contributed by atoms with E-state index in [4.69, 9.17) is 14.2 Å². The number of aliphatic hydroxyl groups excluding tert-OH is 4. The Balaban J connectivity index is 3.34. The summed E-state index contributed by atoms with van der Waals surface area (Å²) < 4.78 is 16.6. The Kier molecular flexibility index (Phi) is 13.7. The van der Waals surface area contributed by atoms with E-state index in [1.165, 1.54) is 14.2 Å². The fourth-order valence-electron chi connectivity index (χ4n) is 4.63. The van der Waals surface area contributed by atoms with Crippen molar-refractivity contribution in [3.8, 4) is 0 Å². The molecule has 210 valence electrons. The standard InChI is InChI=1S/C27H48O9/c1-8-18(15-28)11-17(3)21-9-16(2)10-23(30)27(4,5)26(33)25(32)22(35-7)13-19(29)12-20(34-6)14-24(31)36-21/h11,16,18-23,25,28-30,32H,8-10,12-15H2,1-7H3/b17-11-/t16-,18-,19+,20-,21+,22-,23+,25-/m1/s1. The molecule has 1 saturated heterocycles. The summed E-state index contributed by atoms with van der Waals surface area (Å²) in [6, 6.07) is 0. The van der Waals surface area contributed by atoms with Crippen LogP contribution >= 0.6 is 0 Å². The quantitative estimate of drug-likeness (QED) is 0.308. The average Bonchev–Trinajstić information content (AvgIpc) is 2.82. The first-order valence-corrected chi connectivity index (χ1v) is 12.9. The Bertz CT molecular complexity index is 716. The summed E-state index contributed by atoms with van der Waals surface area (Å²) in [5, 5.41) is 42.0. The van der Waals surface area contributed by atoms with Crippen molar-refractivity contribution in [2.45, 2.75) is 110 Å². The summed E-state index contributed by atoms with van der Waals surface area (Å²) >= 11 is 0. The van der Waals surface area contributed by atoms with Crippen LogP contribution in [-0.2, 0) is 23.8 Å². The zero-order valence-corrected chi connectivity index (χ0v) is 23.0. The number of ether oxygens (including phenoxy) is 3. The van der Waals surface area contributed by atoms with Crippen LogP contribution in [0.4, 0.5) is 0 Å². The van der Waals surface area contributed by atoms with Gasteiger partial charge in [0.1, 0.15) is 12.2 Å². The molecule has 0 aromatic rings. The normalized spacial score (nSPS) is 34.8. The Morgan fingerprint density at radius 3 is 2.28 bits per heavy atom. The molecule has 0 aromatic heterocycles. The van der Waals surface area contributed by atoms with Crippen molar-refractivity contribution in [1.29, 1.82) is 0 Å². The summed E-state index contributed by atoms with van der Waals surface area (Å²) in [6.07, 6.45) is -2.59. The summed E-state index contributed by atoms with van der Waals surface area (Å²) in [7, 11) is 2.79. The highest BCUT2D eigenvalue weighted by atomic mass is 16.5. The number of cyclic esters (lactones) is 1. The fraction of sp³-hybridized carbons (Fsp3) is 0.852. The second kappa shape index (κ2) is 15.1. The number of hydrogen-bond acceptors (Lipinski definition) is 9. The van der Waals surface area contributed by atoms with E-state index in [9.17, 15) is 30.0 Å². The molecule has 0 aromatic carbocycles. The van der Waals surface area contributed by atoms with Gasteiger partial charge >= 0.3 is 5.97 Å². The van der Waals surface area contributed by atoms with Crippen LogP contribution in [-0.4, -0.2) is 89.6 Å². The SMILES string of the molecule is CC[C@H](/C=C(/C)[C@@H]1C[C@@H](C)C[C@H](O)C(C)(C)C(=O)[C@H](O)[C@H](OC)C[C@@H](O)C[C@@H](OC)CC(=O)O1)CO. The summed E-state index contributed by atoms with van der Waals surface area (Å²) in [6.45, 7) is 8.87. The van der Waals surface area contributed by atoms with Crippen molar-refractivity contribution in [3.05, 3.63) is 11.6 Å². The third kappa shape index (κ3) is 9.50. The van der Waals surface area contributed by atoms with Gasteiger partial charge in [0, 0.05) is 39.6 Å². The van der Waals surface area contributed by atoms with Gasteiger partial charge < -0.3 is 34.6 Å². The second-order valence-corrected chi connectivity index (χ2v) is 10.8. The van der Waals surface area contributed by atoms with Crippen LogP contribution in [0.1, 0.15) is 73.1 Å². The highest BCUT2D eigenvalue weighted by Crippen LogP contribution is 2.32. The molecule has 1 aliphatic heterocycles. The topological polar surface area (TPSA) is 143 Å². The van der Waals surface area contributed by atoms with Crippen molar-refractivity contribution in [2.24, 2.45) is 17.3 Å². The Hall–Kier alpha value is -1.36. The number of Topliss-reactive ketones (excluding diaryl/α,β-unsaturated/α-hetero) is 1. The van der Waals surface area contributed by atoms with Gasteiger partial charge in [0.15, 0.2) is 5.78 Å². The van der Waals surface area contributed by atoms with Gasteiger partial charge in [0.2, 0.25) is 0 Å². The van der Waals surface area contributed by atoms with E-state index in [0.29, 0.717) is 6.42 Å². The number of ketones is 1. The van der Waals surface area contributed by atoms with Crippen molar-refractivity contribution < 1.29 is 44.2 Å². The highest BCUT2D eigenvalue weighted by molar-refractivity contribution is 5.89. The van der Waals surface area contributed by atoms with Crippen LogP contribution in [0, 0.1) is 17.3 Å². The molecule has 0 unspecified atom stereocenters. The lowest BCUT2D eigenvalue weighted by Gasteiger charge is -2.35. The van der Waals surface area contributed by atoms with Crippen LogP contribution in [0.15, 0.2) is 11.6 Å². The smallest absolute Gasteiger partial charge is 0.309 e. The molecule has 9 heteroatoms. The molecular formula is C27H48O9. The maximum atomic E-state index is 13.2. The molecule has 9 nitrogen and oxygen atoms in total. The van der Waals surface area contributed by atoms with Crippen LogP contribution in [0.2, 0.25) is 0 Å². The lowest BCUT2D eigenvalue weighted by Crippen LogP contribution is -2.49. The van der Waals surface area contributed by atoms with Crippen molar-refractivity contribution in [2.75, 3.05) is 20.8 Å². The van der Waals surface area contributed by atoms with E-state index >= 15 is 0 Å². The Morgan fingerprint density at radius 2 is 1.75 bits per heavy atom. The number of esters is 1. The minimum Gasteiger partial charge on any atom is -0.458 e. The Morgan fingerprint density at radius 1 is 1.11 bits per heavy atom. The minimum atomic E-state index is -1.54. The maximum absolute atomic E-state index is 13.2. The van der Waals surface area contributed by atoms with E-state index in [-0.39, 0.29) is 44.1 Å². The Labute approximate surface area is 215 Å². The molecule has 1 rings (SSSR count). The minimum absolute atomic E-state index is 0.0203. The average molecular weight is 517 g/mol. The molecule has 0 radical (unpaired) electrons. The zero-order chi connectivity index (χ0) is 27.6. The molecule has 0 saturated carbocycles. The first-order valence-electron chi connectivity index (χ1n) is 12.9. The number of aliphatic hydroxyl groups is 4. The van der Waals surface area contributed by atoms with Crippen LogP contribution in [0.3, 0.4) is 0 Å². The van der Waals surface area contributed by atoms with Crippen LogP contribution in [0.5, 0.6) is 0 Å². The summed E-state index contributed by atoms with van der Waals surface area (Å²) in [5.74, 6) is -1.25. The van der Waals surface area contributed by atoms with Crippen molar-refractivity contribution >= 4 is 11.8 Å². The van der Waals surface area contributed by atoms with Gasteiger partial charge in [-0.2, -0.15) is 0 Å². The predicted molar refractivity (Wildman–Crippen MR) is 135 cm³/mol. The summed E-state index contributed by atoms with van der Waals surface area (Å²) in [4.78, 5) is 26.0. The van der Waals surface area contributed by atoms with Crippen molar-refractivity contribution in [3.63, 3.8) is 0 Å². The molecule has 4 N–H and O–H groups in total. The summed E-state index contributed by atoms with van der Waals surface area (Å²) in [5.41, 5.74) is -0.475. The predicted octanol–water partition coefficient (Wildman–Crippen LogP) is 2.17. The highest BCUT2D eigenvalue weighted by Gasteiger charge is 2.43. The number of carbonyl (C=O) groups is 2. The number of hydrogen-bond donors (Lipinski definition) is 4. The number of rotatable bonds is 6. The van der Waals surface area contributed by atoms with Gasteiger partial charge in [-0.1, -0.05) is 33.8 Å². The molecule has 1 fully saturated rings. The van der Waals surface area contributed by atoms with Crippen LogP contribution < -0.4 is 0 Å². The lowest BCUT2D eigenvalue weighted by molar-refractivity contribution is -0.153. The monoisotopic (exact) mass is 516 g/mol. The number of methoxy groups -OCH3 is 2. The molecule has 8 atom stereocenters. The van der Waals surface area contributed by atoms with Crippen molar-refractivity contribution in [1.82, 2.24) is 0 Å². The first kappa shape index (κ1) is 32.7. The lowest BCUT2D eigenvalue weighted by atomic mass is 9.75. The first-order chi connectivity index (χ1) is 16.8.